The molecule has 0 aliphatic rings. The fraction of sp³-hybridized carbons (Fsp3) is 0.364. The van der Waals surface area contributed by atoms with Crippen molar-refractivity contribution in [1.29, 1.82) is 0 Å². The molecule has 0 saturated carbocycles. The first kappa shape index (κ1) is 11.5. The van der Waals surface area contributed by atoms with Gasteiger partial charge in [-0.3, -0.25) is 4.79 Å². The predicted molar refractivity (Wildman–Crippen MR) is 53.4 cm³/mol. The Morgan fingerprint density at radius 3 is 2.73 bits per heavy atom. The Bertz CT molecular complexity index is 361. The molecular weight excluding hydrogens is 199 g/mol. The van der Waals surface area contributed by atoms with Crippen LogP contribution in [0.5, 0.6) is 5.75 Å². The van der Waals surface area contributed by atoms with Crippen LogP contribution in [0.1, 0.15) is 20.3 Å². The molecule has 15 heavy (non-hydrogen) atoms. The molecule has 4 heteroatoms. The summed E-state index contributed by atoms with van der Waals surface area (Å²) in [5.41, 5.74) is -0.848. The lowest BCUT2D eigenvalue weighted by atomic mass is 10.1. The molecule has 0 bridgehead atoms. The average molecular weight is 212 g/mol. The molecule has 0 radical (unpaired) electrons. The van der Waals surface area contributed by atoms with Crippen molar-refractivity contribution in [3.8, 4) is 5.75 Å². The van der Waals surface area contributed by atoms with Gasteiger partial charge >= 0.3 is 5.97 Å². The minimum atomic E-state index is -0.948. The fourth-order valence-electron chi connectivity index (χ4n) is 1.25. The molecule has 0 unspecified atom stereocenters. The van der Waals surface area contributed by atoms with Crippen LogP contribution < -0.4 is 4.74 Å². The van der Waals surface area contributed by atoms with E-state index in [9.17, 15) is 9.18 Å². The highest BCUT2D eigenvalue weighted by atomic mass is 19.1. The lowest BCUT2D eigenvalue weighted by Crippen LogP contribution is -2.31. The maximum Gasteiger partial charge on any atom is 0.307 e. The Labute approximate surface area is 87.5 Å². The van der Waals surface area contributed by atoms with Crippen LogP contribution in [0.25, 0.3) is 0 Å². The Morgan fingerprint density at radius 2 is 2.20 bits per heavy atom. The Hall–Kier alpha value is -1.58. The topological polar surface area (TPSA) is 46.5 Å². The van der Waals surface area contributed by atoms with Crippen LogP contribution in [-0.4, -0.2) is 16.7 Å². The lowest BCUT2D eigenvalue weighted by Gasteiger charge is -2.24. The van der Waals surface area contributed by atoms with Crippen LogP contribution in [0.4, 0.5) is 4.39 Å². The zero-order chi connectivity index (χ0) is 11.5. The van der Waals surface area contributed by atoms with Crippen molar-refractivity contribution in [2.45, 2.75) is 25.9 Å². The minimum absolute atomic E-state index is 0.135. The summed E-state index contributed by atoms with van der Waals surface area (Å²) >= 11 is 0. The van der Waals surface area contributed by atoms with Gasteiger partial charge in [0.05, 0.1) is 6.42 Å². The van der Waals surface area contributed by atoms with Crippen LogP contribution in [0.2, 0.25) is 0 Å². The molecule has 0 aromatic heterocycles. The van der Waals surface area contributed by atoms with Gasteiger partial charge in [0.2, 0.25) is 0 Å². The monoisotopic (exact) mass is 212 g/mol. The lowest BCUT2D eigenvalue weighted by molar-refractivity contribution is -0.140. The Balaban J connectivity index is 2.72. The van der Waals surface area contributed by atoms with Crippen molar-refractivity contribution in [1.82, 2.24) is 0 Å². The van der Waals surface area contributed by atoms with E-state index in [0.717, 1.165) is 0 Å². The molecule has 0 heterocycles. The quantitative estimate of drug-likeness (QED) is 0.833. The van der Waals surface area contributed by atoms with Crippen molar-refractivity contribution in [2.24, 2.45) is 0 Å². The van der Waals surface area contributed by atoms with Gasteiger partial charge in [0.1, 0.15) is 17.2 Å². The highest BCUT2D eigenvalue weighted by Gasteiger charge is 2.23. The Kier molecular flexibility index (Phi) is 3.29. The summed E-state index contributed by atoms with van der Waals surface area (Å²) < 4.78 is 18.2. The van der Waals surface area contributed by atoms with Gasteiger partial charge in [0, 0.05) is 6.07 Å². The first-order chi connectivity index (χ1) is 6.89. The maximum atomic E-state index is 12.8. The maximum absolute atomic E-state index is 12.8. The summed E-state index contributed by atoms with van der Waals surface area (Å²) in [5.74, 6) is -1.02. The Morgan fingerprint density at radius 1 is 1.53 bits per heavy atom. The van der Waals surface area contributed by atoms with Gasteiger partial charge in [-0.25, -0.2) is 4.39 Å². The number of aliphatic carboxylic acids is 1. The van der Waals surface area contributed by atoms with E-state index in [1.54, 1.807) is 19.9 Å². The summed E-state index contributed by atoms with van der Waals surface area (Å²) in [7, 11) is 0. The second-order valence-electron chi connectivity index (χ2n) is 3.89. The number of carbonyl (C=O) groups is 1. The molecule has 3 nitrogen and oxygen atoms in total. The van der Waals surface area contributed by atoms with Crippen molar-refractivity contribution in [3.63, 3.8) is 0 Å². The van der Waals surface area contributed by atoms with Gasteiger partial charge in [-0.1, -0.05) is 6.07 Å². The highest BCUT2D eigenvalue weighted by molar-refractivity contribution is 5.68. The molecule has 0 amide bonds. The normalized spacial score (nSPS) is 11.1. The number of hydrogen-bond donors (Lipinski definition) is 1. The van der Waals surface area contributed by atoms with Crippen LogP contribution in [0.15, 0.2) is 24.3 Å². The molecule has 1 aromatic carbocycles. The summed E-state index contributed by atoms with van der Waals surface area (Å²) in [6, 6.07) is 5.63. The standard InChI is InChI=1S/C11H13FO3/c1-11(2,7-10(13)14)15-9-5-3-4-8(12)6-9/h3-6H,7H2,1-2H3,(H,13,14). The van der Waals surface area contributed by atoms with Crippen LogP contribution in [0, 0.1) is 5.82 Å². The number of hydrogen-bond acceptors (Lipinski definition) is 2. The average Bonchev–Trinajstić information content (AvgIpc) is 1.99. The SMILES string of the molecule is CC(C)(CC(=O)O)Oc1cccc(F)c1. The molecule has 1 aromatic rings. The van der Waals surface area contributed by atoms with Crippen LogP contribution in [-0.2, 0) is 4.79 Å². The minimum Gasteiger partial charge on any atom is -0.487 e. The molecule has 0 fully saturated rings. The van der Waals surface area contributed by atoms with Gasteiger partial charge < -0.3 is 9.84 Å². The third-order valence-corrected chi connectivity index (χ3v) is 1.77. The number of ether oxygens (including phenoxy) is 1. The van der Waals surface area contributed by atoms with Crippen molar-refractivity contribution in [3.05, 3.63) is 30.1 Å². The first-order valence-corrected chi connectivity index (χ1v) is 4.55. The largest absolute Gasteiger partial charge is 0.487 e. The number of rotatable bonds is 4. The van der Waals surface area contributed by atoms with Gasteiger partial charge in [-0.05, 0) is 26.0 Å². The summed E-state index contributed by atoms with van der Waals surface area (Å²) in [4.78, 5) is 10.5. The molecule has 1 rings (SSSR count). The van der Waals surface area contributed by atoms with E-state index in [4.69, 9.17) is 9.84 Å². The zero-order valence-electron chi connectivity index (χ0n) is 8.66. The number of halogens is 1. The van der Waals surface area contributed by atoms with Gasteiger partial charge in [-0.15, -0.1) is 0 Å². The van der Waals surface area contributed by atoms with E-state index in [2.05, 4.69) is 0 Å². The first-order valence-electron chi connectivity index (χ1n) is 4.55. The second-order valence-corrected chi connectivity index (χ2v) is 3.89. The molecule has 0 saturated heterocycles. The van der Waals surface area contributed by atoms with E-state index >= 15 is 0 Å². The predicted octanol–water partition coefficient (Wildman–Crippen LogP) is 2.46. The second kappa shape index (κ2) is 4.29. The smallest absolute Gasteiger partial charge is 0.307 e. The molecule has 0 aliphatic carbocycles. The van der Waals surface area contributed by atoms with Gasteiger partial charge in [0.25, 0.3) is 0 Å². The van der Waals surface area contributed by atoms with Crippen LogP contribution >= 0.6 is 0 Å². The van der Waals surface area contributed by atoms with Gasteiger partial charge in [0.15, 0.2) is 0 Å². The van der Waals surface area contributed by atoms with Crippen molar-refractivity contribution >= 4 is 5.97 Å². The molecule has 0 spiro atoms. The van der Waals surface area contributed by atoms with E-state index in [-0.39, 0.29) is 6.42 Å². The zero-order valence-corrected chi connectivity index (χ0v) is 8.66. The highest BCUT2D eigenvalue weighted by Crippen LogP contribution is 2.21. The molecular formula is C11H13FO3. The molecule has 0 aliphatic heterocycles. The molecule has 82 valence electrons. The van der Waals surface area contributed by atoms with Crippen molar-refractivity contribution in [2.75, 3.05) is 0 Å². The third kappa shape index (κ3) is 3.97. The van der Waals surface area contributed by atoms with Crippen molar-refractivity contribution < 1.29 is 19.0 Å². The van der Waals surface area contributed by atoms with E-state index in [1.165, 1.54) is 18.2 Å². The van der Waals surface area contributed by atoms with E-state index in [0.29, 0.717) is 5.75 Å². The summed E-state index contributed by atoms with van der Waals surface area (Å²) in [6.07, 6.45) is -0.135. The number of carboxylic acids is 1. The third-order valence-electron chi connectivity index (χ3n) is 1.77. The summed E-state index contributed by atoms with van der Waals surface area (Å²) in [5, 5.41) is 8.63. The number of benzene rings is 1. The fourth-order valence-corrected chi connectivity index (χ4v) is 1.25. The van der Waals surface area contributed by atoms with E-state index in [1.807, 2.05) is 0 Å². The number of carboxylic acid groups (broad SMARTS) is 1. The van der Waals surface area contributed by atoms with Crippen LogP contribution in [0.3, 0.4) is 0 Å². The summed E-state index contributed by atoms with van der Waals surface area (Å²) in [6.45, 7) is 3.29. The van der Waals surface area contributed by atoms with Gasteiger partial charge in [-0.2, -0.15) is 0 Å². The molecule has 1 N–H and O–H groups in total. The van der Waals surface area contributed by atoms with E-state index < -0.39 is 17.4 Å². The molecule has 0 atom stereocenters.